The molecule has 0 spiro atoms. The van der Waals surface area contributed by atoms with Crippen molar-refractivity contribution in [2.75, 3.05) is 7.11 Å². The van der Waals surface area contributed by atoms with E-state index >= 15 is 0 Å². The largest absolute Gasteiger partial charge is 0.497 e. The fraction of sp³-hybridized carbons (Fsp3) is 0.571. The van der Waals surface area contributed by atoms with Crippen molar-refractivity contribution in [3.8, 4) is 5.75 Å². The lowest BCUT2D eigenvalue weighted by Gasteiger charge is -2.25. The quantitative estimate of drug-likeness (QED) is 0.610. The lowest BCUT2D eigenvalue weighted by Crippen LogP contribution is -2.39. The van der Waals surface area contributed by atoms with Gasteiger partial charge in [-0.25, -0.2) is 0 Å². The topological polar surface area (TPSA) is 47.3 Å². The predicted molar refractivity (Wildman–Crippen MR) is 71.9 cm³/mol. The number of ether oxygens (including phenoxy) is 1. The lowest BCUT2D eigenvalue weighted by molar-refractivity contribution is 0.308. The van der Waals surface area contributed by atoms with E-state index in [4.69, 9.17) is 10.6 Å². The second-order valence-electron chi connectivity index (χ2n) is 5.68. The average molecular weight is 236 g/mol. The standard InChI is InChI=1S/C14H24N2O/c1-14(2,3)10-12(16-15)8-11-6-5-7-13(9-11)17-4/h5-7,9,12,16H,8,10,15H2,1-4H3. The molecular weight excluding hydrogens is 212 g/mol. The van der Waals surface area contributed by atoms with Crippen LogP contribution in [0.3, 0.4) is 0 Å². The minimum atomic E-state index is 0.274. The highest BCUT2D eigenvalue weighted by Crippen LogP contribution is 2.23. The normalized spacial score (nSPS) is 13.5. The Kier molecular flexibility index (Phi) is 4.97. The van der Waals surface area contributed by atoms with Crippen LogP contribution in [0.15, 0.2) is 24.3 Å². The highest BCUT2D eigenvalue weighted by atomic mass is 16.5. The molecule has 1 rings (SSSR count). The molecule has 3 nitrogen and oxygen atoms in total. The third-order valence-electron chi connectivity index (χ3n) is 2.71. The van der Waals surface area contributed by atoms with Crippen LogP contribution in [0.5, 0.6) is 5.75 Å². The van der Waals surface area contributed by atoms with Crippen molar-refractivity contribution in [3.05, 3.63) is 29.8 Å². The van der Waals surface area contributed by atoms with Gasteiger partial charge in [0.2, 0.25) is 0 Å². The molecule has 0 radical (unpaired) electrons. The molecule has 0 fully saturated rings. The smallest absolute Gasteiger partial charge is 0.119 e. The summed E-state index contributed by atoms with van der Waals surface area (Å²) in [7, 11) is 1.69. The molecule has 1 atom stereocenters. The summed E-state index contributed by atoms with van der Waals surface area (Å²) in [5, 5.41) is 0. The van der Waals surface area contributed by atoms with Crippen LogP contribution >= 0.6 is 0 Å². The predicted octanol–water partition coefficient (Wildman–Crippen LogP) is 2.51. The monoisotopic (exact) mass is 236 g/mol. The van der Waals surface area contributed by atoms with E-state index < -0.39 is 0 Å². The first-order valence-corrected chi connectivity index (χ1v) is 6.03. The summed E-state index contributed by atoms with van der Waals surface area (Å²) in [6.07, 6.45) is 1.96. The highest BCUT2D eigenvalue weighted by Gasteiger charge is 2.18. The summed E-state index contributed by atoms with van der Waals surface area (Å²) in [5.74, 6) is 6.51. The molecule has 0 aliphatic carbocycles. The lowest BCUT2D eigenvalue weighted by atomic mass is 9.86. The van der Waals surface area contributed by atoms with Crippen LogP contribution in [0.4, 0.5) is 0 Å². The summed E-state index contributed by atoms with van der Waals surface area (Å²) >= 11 is 0. The van der Waals surface area contributed by atoms with Crippen molar-refractivity contribution in [1.82, 2.24) is 5.43 Å². The van der Waals surface area contributed by atoms with E-state index in [1.807, 2.05) is 12.1 Å². The van der Waals surface area contributed by atoms with Crippen LogP contribution in [-0.2, 0) is 6.42 Å². The Bertz CT molecular complexity index is 344. The molecule has 17 heavy (non-hydrogen) atoms. The van der Waals surface area contributed by atoms with Crippen molar-refractivity contribution in [2.45, 2.75) is 39.7 Å². The molecule has 1 aromatic carbocycles. The van der Waals surface area contributed by atoms with Crippen LogP contribution in [-0.4, -0.2) is 13.2 Å². The number of hydrogen-bond donors (Lipinski definition) is 2. The van der Waals surface area contributed by atoms with Crippen LogP contribution in [0.2, 0.25) is 0 Å². The maximum Gasteiger partial charge on any atom is 0.119 e. The van der Waals surface area contributed by atoms with E-state index in [-0.39, 0.29) is 5.41 Å². The Labute approximate surface area is 104 Å². The molecule has 0 aliphatic heterocycles. The van der Waals surface area contributed by atoms with Gasteiger partial charge in [0.1, 0.15) is 5.75 Å². The molecule has 0 saturated heterocycles. The van der Waals surface area contributed by atoms with E-state index in [2.05, 4.69) is 38.3 Å². The molecule has 96 valence electrons. The van der Waals surface area contributed by atoms with Gasteiger partial charge in [0.25, 0.3) is 0 Å². The Morgan fingerprint density at radius 1 is 1.35 bits per heavy atom. The van der Waals surface area contributed by atoms with Gasteiger partial charge in [-0.15, -0.1) is 0 Å². The van der Waals surface area contributed by atoms with Crippen LogP contribution in [0, 0.1) is 5.41 Å². The van der Waals surface area contributed by atoms with Gasteiger partial charge >= 0.3 is 0 Å². The van der Waals surface area contributed by atoms with Crippen molar-refractivity contribution in [1.29, 1.82) is 0 Å². The SMILES string of the molecule is COc1cccc(CC(CC(C)(C)C)NN)c1. The fourth-order valence-corrected chi connectivity index (χ4v) is 2.01. The summed E-state index contributed by atoms with van der Waals surface area (Å²) < 4.78 is 5.22. The van der Waals surface area contributed by atoms with Gasteiger partial charge in [-0.05, 0) is 36.0 Å². The van der Waals surface area contributed by atoms with Gasteiger partial charge in [0.15, 0.2) is 0 Å². The fourth-order valence-electron chi connectivity index (χ4n) is 2.01. The molecule has 1 unspecified atom stereocenters. The summed E-state index contributed by atoms with van der Waals surface area (Å²) in [6, 6.07) is 8.43. The van der Waals surface area contributed by atoms with Gasteiger partial charge in [0.05, 0.1) is 7.11 Å². The Hall–Kier alpha value is -1.06. The average Bonchev–Trinajstić information content (AvgIpc) is 2.26. The van der Waals surface area contributed by atoms with Crippen molar-refractivity contribution in [2.24, 2.45) is 11.3 Å². The second-order valence-corrected chi connectivity index (χ2v) is 5.68. The number of nitrogens with two attached hydrogens (primary N) is 1. The van der Waals surface area contributed by atoms with E-state index in [1.54, 1.807) is 7.11 Å². The van der Waals surface area contributed by atoms with Crippen LogP contribution in [0.1, 0.15) is 32.8 Å². The number of hydrazine groups is 1. The van der Waals surface area contributed by atoms with Gasteiger partial charge in [-0.3, -0.25) is 11.3 Å². The molecule has 0 heterocycles. The molecular formula is C14H24N2O. The second kappa shape index (κ2) is 6.03. The minimum absolute atomic E-state index is 0.274. The zero-order chi connectivity index (χ0) is 12.9. The van der Waals surface area contributed by atoms with Crippen LogP contribution < -0.4 is 16.0 Å². The molecule has 1 aromatic rings. The number of nitrogens with one attached hydrogen (secondary N) is 1. The first-order valence-electron chi connectivity index (χ1n) is 6.03. The molecule has 0 amide bonds. The van der Waals surface area contributed by atoms with Crippen molar-refractivity contribution < 1.29 is 4.74 Å². The van der Waals surface area contributed by atoms with Gasteiger partial charge in [-0.1, -0.05) is 32.9 Å². The van der Waals surface area contributed by atoms with E-state index in [1.165, 1.54) is 5.56 Å². The molecule has 0 bridgehead atoms. The van der Waals surface area contributed by atoms with Crippen molar-refractivity contribution in [3.63, 3.8) is 0 Å². The van der Waals surface area contributed by atoms with Gasteiger partial charge in [-0.2, -0.15) is 0 Å². The number of benzene rings is 1. The van der Waals surface area contributed by atoms with Crippen molar-refractivity contribution >= 4 is 0 Å². The molecule has 3 N–H and O–H groups in total. The first-order chi connectivity index (χ1) is 7.94. The van der Waals surface area contributed by atoms with Gasteiger partial charge in [0, 0.05) is 6.04 Å². The van der Waals surface area contributed by atoms with E-state index in [0.717, 1.165) is 18.6 Å². The van der Waals surface area contributed by atoms with E-state index in [9.17, 15) is 0 Å². The first kappa shape index (κ1) is 14.0. The molecule has 3 heteroatoms. The summed E-state index contributed by atoms with van der Waals surface area (Å²) in [5.41, 5.74) is 4.42. The maximum atomic E-state index is 5.62. The molecule has 0 aliphatic rings. The Morgan fingerprint density at radius 2 is 2.06 bits per heavy atom. The maximum absolute atomic E-state index is 5.62. The molecule has 0 saturated carbocycles. The van der Waals surface area contributed by atoms with Crippen LogP contribution in [0.25, 0.3) is 0 Å². The zero-order valence-electron chi connectivity index (χ0n) is 11.3. The summed E-state index contributed by atoms with van der Waals surface area (Å²) in [4.78, 5) is 0. The highest BCUT2D eigenvalue weighted by molar-refractivity contribution is 5.28. The zero-order valence-corrected chi connectivity index (χ0v) is 11.3. The number of hydrogen-bond acceptors (Lipinski definition) is 3. The minimum Gasteiger partial charge on any atom is -0.497 e. The molecule has 0 aromatic heterocycles. The number of methoxy groups -OCH3 is 1. The third kappa shape index (κ3) is 5.20. The third-order valence-corrected chi connectivity index (χ3v) is 2.71. The summed E-state index contributed by atoms with van der Waals surface area (Å²) in [6.45, 7) is 6.68. The Morgan fingerprint density at radius 3 is 2.59 bits per heavy atom. The number of rotatable bonds is 5. The van der Waals surface area contributed by atoms with Gasteiger partial charge < -0.3 is 4.74 Å². The van der Waals surface area contributed by atoms with E-state index in [0.29, 0.717) is 6.04 Å². The Balaban J connectivity index is 2.67.